The Labute approximate surface area is 133 Å². The number of rotatable bonds is 4. The van der Waals surface area contributed by atoms with Crippen LogP contribution in [0.15, 0.2) is 24.3 Å². The molecule has 1 atom stereocenters. The number of unbranched alkanes of at least 4 members (excludes halogenated alkanes) is 1. The van der Waals surface area contributed by atoms with Gasteiger partial charge in [-0.3, -0.25) is 9.69 Å². The summed E-state index contributed by atoms with van der Waals surface area (Å²) in [6.07, 6.45) is 3.84. The van der Waals surface area contributed by atoms with Crippen molar-refractivity contribution in [3.8, 4) is 5.75 Å². The highest BCUT2D eigenvalue weighted by atomic mass is 16.5. The van der Waals surface area contributed by atoms with E-state index >= 15 is 0 Å². The first-order valence-electron chi connectivity index (χ1n) is 8.53. The highest BCUT2D eigenvalue weighted by molar-refractivity contribution is 5.76. The Morgan fingerprint density at radius 1 is 1.23 bits per heavy atom. The normalized spacial score (nSPS) is 22.0. The Kier molecular flexibility index (Phi) is 4.98. The maximum atomic E-state index is 12.1. The van der Waals surface area contributed by atoms with Crippen molar-refractivity contribution < 1.29 is 9.53 Å². The molecule has 4 nitrogen and oxygen atoms in total. The molecule has 4 heteroatoms. The van der Waals surface area contributed by atoms with Crippen LogP contribution in [-0.4, -0.2) is 48.5 Å². The summed E-state index contributed by atoms with van der Waals surface area (Å²) in [6.45, 7) is 6.59. The molecule has 0 bridgehead atoms. The number of nitrogens with zero attached hydrogens (tertiary/aromatic N) is 2. The largest absolute Gasteiger partial charge is 0.493 e. The first kappa shape index (κ1) is 15.3. The third-order valence-corrected chi connectivity index (χ3v) is 4.78. The van der Waals surface area contributed by atoms with Crippen LogP contribution in [0, 0.1) is 0 Å². The molecule has 2 aliphatic heterocycles. The van der Waals surface area contributed by atoms with Crippen molar-refractivity contribution >= 4 is 5.91 Å². The quantitative estimate of drug-likeness (QED) is 0.857. The molecule has 2 heterocycles. The van der Waals surface area contributed by atoms with Crippen molar-refractivity contribution in [2.75, 3.05) is 32.8 Å². The first-order chi connectivity index (χ1) is 10.8. The van der Waals surface area contributed by atoms with E-state index in [9.17, 15) is 4.79 Å². The number of hydrogen-bond donors (Lipinski definition) is 0. The van der Waals surface area contributed by atoms with Crippen LogP contribution in [0.4, 0.5) is 0 Å². The van der Waals surface area contributed by atoms with Crippen LogP contribution in [0.3, 0.4) is 0 Å². The molecule has 0 spiro atoms. The monoisotopic (exact) mass is 302 g/mol. The van der Waals surface area contributed by atoms with Gasteiger partial charge in [0, 0.05) is 50.6 Å². The summed E-state index contributed by atoms with van der Waals surface area (Å²) in [5, 5.41) is 0. The Morgan fingerprint density at radius 3 is 2.77 bits per heavy atom. The van der Waals surface area contributed by atoms with E-state index in [2.05, 4.69) is 30.0 Å². The van der Waals surface area contributed by atoms with Crippen molar-refractivity contribution in [3.05, 3.63) is 29.8 Å². The zero-order valence-corrected chi connectivity index (χ0v) is 13.5. The van der Waals surface area contributed by atoms with Crippen molar-refractivity contribution in [1.29, 1.82) is 0 Å². The predicted octanol–water partition coefficient (Wildman–Crippen LogP) is 2.84. The highest BCUT2D eigenvalue weighted by Crippen LogP contribution is 2.36. The van der Waals surface area contributed by atoms with E-state index in [-0.39, 0.29) is 0 Å². The van der Waals surface area contributed by atoms with Gasteiger partial charge in [0.25, 0.3) is 0 Å². The molecule has 2 aliphatic rings. The molecule has 1 saturated heterocycles. The van der Waals surface area contributed by atoms with Crippen LogP contribution >= 0.6 is 0 Å². The predicted molar refractivity (Wildman–Crippen MR) is 87.0 cm³/mol. The average Bonchev–Trinajstić information content (AvgIpc) is 2.59. The van der Waals surface area contributed by atoms with Gasteiger partial charge in [-0.15, -0.1) is 0 Å². The van der Waals surface area contributed by atoms with Gasteiger partial charge in [-0.05, 0) is 12.5 Å². The average molecular weight is 302 g/mol. The first-order valence-corrected chi connectivity index (χ1v) is 8.53. The van der Waals surface area contributed by atoms with Gasteiger partial charge < -0.3 is 9.64 Å². The number of benzene rings is 1. The SMILES string of the molecule is CCCCC(=O)N1CCN(C2CCOc3ccccc32)CC1. The zero-order chi connectivity index (χ0) is 15.4. The second kappa shape index (κ2) is 7.14. The minimum Gasteiger partial charge on any atom is -0.493 e. The maximum absolute atomic E-state index is 12.1. The number of carbonyl (C=O) groups is 1. The summed E-state index contributed by atoms with van der Waals surface area (Å²) >= 11 is 0. The van der Waals surface area contributed by atoms with Crippen molar-refractivity contribution in [3.63, 3.8) is 0 Å². The van der Waals surface area contributed by atoms with E-state index in [1.54, 1.807) is 0 Å². The minimum absolute atomic E-state index is 0.328. The van der Waals surface area contributed by atoms with Gasteiger partial charge >= 0.3 is 0 Å². The maximum Gasteiger partial charge on any atom is 0.222 e. The summed E-state index contributed by atoms with van der Waals surface area (Å²) in [6, 6.07) is 8.80. The van der Waals surface area contributed by atoms with Gasteiger partial charge in [-0.25, -0.2) is 0 Å². The summed E-state index contributed by atoms with van der Waals surface area (Å²) in [5.74, 6) is 1.36. The van der Waals surface area contributed by atoms with Gasteiger partial charge in [-0.1, -0.05) is 31.5 Å². The molecule has 1 amide bonds. The van der Waals surface area contributed by atoms with Gasteiger partial charge in [-0.2, -0.15) is 0 Å². The molecule has 1 unspecified atom stereocenters. The lowest BCUT2D eigenvalue weighted by atomic mass is 9.98. The van der Waals surface area contributed by atoms with Crippen LogP contribution in [0.25, 0.3) is 0 Å². The molecule has 0 aromatic heterocycles. The number of fused-ring (bicyclic) bond motifs is 1. The number of piperazine rings is 1. The Balaban J connectivity index is 1.59. The number of ether oxygens (including phenoxy) is 1. The standard InChI is InChI=1S/C18H26N2O2/c1-2-3-8-18(21)20-12-10-19(11-13-20)16-9-14-22-17-7-5-4-6-15(16)17/h4-7,16H,2-3,8-14H2,1H3. The van der Waals surface area contributed by atoms with Crippen LogP contribution < -0.4 is 4.74 Å². The van der Waals surface area contributed by atoms with Crippen LogP contribution in [-0.2, 0) is 4.79 Å². The molecule has 0 saturated carbocycles. The van der Waals surface area contributed by atoms with Crippen LogP contribution in [0.5, 0.6) is 5.75 Å². The van der Waals surface area contributed by atoms with Crippen LogP contribution in [0.2, 0.25) is 0 Å². The van der Waals surface area contributed by atoms with E-state index in [1.807, 2.05) is 11.0 Å². The second-order valence-corrected chi connectivity index (χ2v) is 6.21. The van der Waals surface area contributed by atoms with Crippen molar-refractivity contribution in [2.45, 2.75) is 38.6 Å². The van der Waals surface area contributed by atoms with Crippen molar-refractivity contribution in [2.24, 2.45) is 0 Å². The lowest BCUT2D eigenvalue weighted by Crippen LogP contribution is -2.50. The number of hydrogen-bond acceptors (Lipinski definition) is 3. The van der Waals surface area contributed by atoms with E-state index in [0.29, 0.717) is 18.4 Å². The fourth-order valence-electron chi connectivity index (χ4n) is 3.47. The highest BCUT2D eigenvalue weighted by Gasteiger charge is 2.30. The molecule has 0 N–H and O–H groups in total. The Morgan fingerprint density at radius 2 is 2.00 bits per heavy atom. The lowest BCUT2D eigenvalue weighted by molar-refractivity contribution is -0.133. The summed E-state index contributed by atoms with van der Waals surface area (Å²) in [5.41, 5.74) is 1.31. The molecule has 3 rings (SSSR count). The third-order valence-electron chi connectivity index (χ3n) is 4.78. The van der Waals surface area contributed by atoms with Gasteiger partial charge in [0.05, 0.1) is 6.61 Å². The summed E-state index contributed by atoms with van der Waals surface area (Å²) < 4.78 is 5.76. The van der Waals surface area contributed by atoms with Crippen molar-refractivity contribution in [1.82, 2.24) is 9.80 Å². The van der Waals surface area contributed by atoms with Crippen LogP contribution in [0.1, 0.15) is 44.2 Å². The molecule has 1 aromatic carbocycles. The molecular formula is C18H26N2O2. The summed E-state index contributed by atoms with van der Waals surface area (Å²) in [7, 11) is 0. The molecule has 22 heavy (non-hydrogen) atoms. The van der Waals surface area contributed by atoms with E-state index in [4.69, 9.17) is 4.74 Å². The zero-order valence-electron chi connectivity index (χ0n) is 13.5. The molecule has 1 aromatic rings. The molecule has 0 aliphatic carbocycles. The molecule has 1 fully saturated rings. The van der Waals surface area contributed by atoms with E-state index in [1.165, 1.54) is 5.56 Å². The number of amides is 1. The summed E-state index contributed by atoms with van der Waals surface area (Å²) in [4.78, 5) is 16.7. The second-order valence-electron chi connectivity index (χ2n) is 6.21. The van der Waals surface area contributed by atoms with E-state index < -0.39 is 0 Å². The molecule has 0 radical (unpaired) electrons. The van der Waals surface area contributed by atoms with Gasteiger partial charge in [0.15, 0.2) is 0 Å². The van der Waals surface area contributed by atoms with Gasteiger partial charge in [0.2, 0.25) is 5.91 Å². The lowest BCUT2D eigenvalue weighted by Gasteiger charge is -2.41. The minimum atomic E-state index is 0.328. The third kappa shape index (κ3) is 3.27. The van der Waals surface area contributed by atoms with Gasteiger partial charge in [0.1, 0.15) is 5.75 Å². The van der Waals surface area contributed by atoms with E-state index in [0.717, 1.165) is 57.8 Å². The Bertz CT molecular complexity index is 510. The topological polar surface area (TPSA) is 32.8 Å². The Hall–Kier alpha value is -1.55. The fraction of sp³-hybridized carbons (Fsp3) is 0.611. The molecular weight excluding hydrogens is 276 g/mol. The smallest absolute Gasteiger partial charge is 0.222 e. The fourth-order valence-corrected chi connectivity index (χ4v) is 3.47. The molecule has 120 valence electrons. The number of carbonyl (C=O) groups excluding carboxylic acids is 1. The number of para-hydroxylation sites is 1.